The van der Waals surface area contributed by atoms with Crippen molar-refractivity contribution >= 4 is 17.5 Å². The van der Waals surface area contributed by atoms with Crippen molar-refractivity contribution in [2.45, 2.75) is 33.2 Å². The molecule has 0 unspecified atom stereocenters. The Labute approximate surface area is 123 Å². The molecule has 0 spiro atoms. The Kier molecular flexibility index (Phi) is 4.86. The molecule has 0 bridgehead atoms. The molecule has 21 heavy (non-hydrogen) atoms. The number of rotatable bonds is 6. The summed E-state index contributed by atoms with van der Waals surface area (Å²) in [5, 5.41) is 18.0. The first-order valence-corrected chi connectivity index (χ1v) is 7.04. The third kappa shape index (κ3) is 3.77. The molecular formula is C14H20N6O. The Morgan fingerprint density at radius 2 is 2.10 bits per heavy atom. The van der Waals surface area contributed by atoms with Gasteiger partial charge in [-0.1, -0.05) is 6.92 Å². The van der Waals surface area contributed by atoms with Crippen molar-refractivity contribution in [2.75, 3.05) is 17.2 Å². The number of hydrogen-bond donors (Lipinski definition) is 2. The fourth-order valence-corrected chi connectivity index (χ4v) is 1.81. The van der Waals surface area contributed by atoms with Crippen molar-refractivity contribution in [2.24, 2.45) is 0 Å². The number of aromatic nitrogens is 4. The van der Waals surface area contributed by atoms with E-state index in [9.17, 15) is 4.79 Å². The van der Waals surface area contributed by atoms with Crippen LogP contribution in [0.4, 0.5) is 11.6 Å². The van der Waals surface area contributed by atoms with Crippen LogP contribution in [0.3, 0.4) is 0 Å². The summed E-state index contributed by atoms with van der Waals surface area (Å²) in [7, 11) is 0. The van der Waals surface area contributed by atoms with Gasteiger partial charge in [-0.15, -0.1) is 10.2 Å². The van der Waals surface area contributed by atoms with E-state index in [0.29, 0.717) is 11.6 Å². The molecular weight excluding hydrogens is 268 g/mol. The highest BCUT2D eigenvalue weighted by molar-refractivity contribution is 6.02. The molecule has 2 heterocycles. The first-order valence-electron chi connectivity index (χ1n) is 7.04. The lowest BCUT2D eigenvalue weighted by Gasteiger charge is -2.11. The minimum Gasteiger partial charge on any atom is -0.369 e. The summed E-state index contributed by atoms with van der Waals surface area (Å²) in [4.78, 5) is 12.1. The van der Waals surface area contributed by atoms with Gasteiger partial charge in [0, 0.05) is 18.7 Å². The van der Waals surface area contributed by atoms with Crippen LogP contribution in [0.25, 0.3) is 0 Å². The number of carbonyl (C=O) groups is 1. The minimum absolute atomic E-state index is 0.169. The highest BCUT2D eigenvalue weighted by Crippen LogP contribution is 2.14. The molecule has 112 valence electrons. The summed E-state index contributed by atoms with van der Waals surface area (Å²) in [6.07, 6.45) is 2.65. The van der Waals surface area contributed by atoms with Crippen LogP contribution in [0.15, 0.2) is 24.4 Å². The topological polar surface area (TPSA) is 84.7 Å². The Morgan fingerprint density at radius 3 is 2.71 bits per heavy atom. The zero-order valence-electron chi connectivity index (χ0n) is 12.5. The van der Waals surface area contributed by atoms with Crippen LogP contribution in [0.2, 0.25) is 0 Å². The smallest absolute Gasteiger partial charge is 0.277 e. The van der Waals surface area contributed by atoms with Crippen molar-refractivity contribution in [1.29, 1.82) is 0 Å². The maximum Gasteiger partial charge on any atom is 0.277 e. The zero-order valence-corrected chi connectivity index (χ0v) is 12.5. The third-order valence-electron chi connectivity index (χ3n) is 2.85. The van der Waals surface area contributed by atoms with Crippen molar-refractivity contribution in [3.8, 4) is 0 Å². The monoisotopic (exact) mass is 288 g/mol. The summed E-state index contributed by atoms with van der Waals surface area (Å²) in [6.45, 7) is 6.89. The van der Waals surface area contributed by atoms with Gasteiger partial charge in [0.1, 0.15) is 11.6 Å². The molecule has 2 aromatic rings. The van der Waals surface area contributed by atoms with Gasteiger partial charge in [-0.05, 0) is 32.4 Å². The average molecular weight is 288 g/mol. The van der Waals surface area contributed by atoms with Crippen LogP contribution in [0.1, 0.15) is 43.7 Å². The lowest BCUT2D eigenvalue weighted by atomic mass is 10.3. The Morgan fingerprint density at radius 1 is 1.29 bits per heavy atom. The second kappa shape index (κ2) is 6.83. The van der Waals surface area contributed by atoms with Crippen molar-refractivity contribution in [1.82, 2.24) is 20.0 Å². The van der Waals surface area contributed by atoms with Crippen molar-refractivity contribution < 1.29 is 4.79 Å². The fourth-order valence-electron chi connectivity index (χ4n) is 1.81. The molecule has 0 aliphatic carbocycles. The normalized spacial score (nSPS) is 10.7. The molecule has 1 amide bonds. The zero-order chi connectivity index (χ0) is 15.2. The Hall–Kier alpha value is -2.44. The maximum atomic E-state index is 12.1. The van der Waals surface area contributed by atoms with E-state index in [4.69, 9.17) is 0 Å². The predicted molar refractivity (Wildman–Crippen MR) is 81.4 cm³/mol. The van der Waals surface area contributed by atoms with E-state index in [1.165, 1.54) is 0 Å². The van der Waals surface area contributed by atoms with Crippen LogP contribution in [-0.2, 0) is 0 Å². The maximum absolute atomic E-state index is 12.1. The summed E-state index contributed by atoms with van der Waals surface area (Å²) in [5.41, 5.74) is 0.272. The van der Waals surface area contributed by atoms with E-state index in [1.807, 2.05) is 13.8 Å². The SMILES string of the molecule is CCCNc1ccc(C(=O)Nc2ccnn2C(C)C)nn1. The molecule has 0 saturated heterocycles. The van der Waals surface area contributed by atoms with Crippen LogP contribution in [-0.4, -0.2) is 32.4 Å². The molecule has 0 atom stereocenters. The van der Waals surface area contributed by atoms with Crippen LogP contribution in [0, 0.1) is 0 Å². The van der Waals surface area contributed by atoms with E-state index < -0.39 is 0 Å². The Bertz CT molecular complexity index is 590. The molecule has 0 aromatic carbocycles. The molecule has 0 aliphatic rings. The van der Waals surface area contributed by atoms with Gasteiger partial charge in [-0.3, -0.25) is 4.79 Å². The number of hydrogen-bond acceptors (Lipinski definition) is 5. The molecule has 0 saturated carbocycles. The lowest BCUT2D eigenvalue weighted by Crippen LogP contribution is -2.18. The van der Waals surface area contributed by atoms with Gasteiger partial charge in [-0.2, -0.15) is 5.10 Å². The summed E-state index contributed by atoms with van der Waals surface area (Å²) < 4.78 is 1.74. The highest BCUT2D eigenvalue weighted by Gasteiger charge is 2.12. The number of carbonyl (C=O) groups excluding carboxylic acids is 1. The molecule has 7 heteroatoms. The predicted octanol–water partition coefficient (Wildman–Crippen LogP) is 2.33. The molecule has 2 aromatic heterocycles. The average Bonchev–Trinajstić information content (AvgIpc) is 2.94. The minimum atomic E-state index is -0.299. The standard InChI is InChI=1S/C14H20N6O/c1-4-8-15-12-6-5-11(18-19-12)14(21)17-13-7-9-16-20(13)10(2)3/h5-7,9-10H,4,8H2,1-3H3,(H,15,19)(H,17,21). The molecule has 7 nitrogen and oxygen atoms in total. The summed E-state index contributed by atoms with van der Waals surface area (Å²) >= 11 is 0. The first kappa shape index (κ1) is 15.0. The van der Waals surface area contributed by atoms with E-state index in [1.54, 1.807) is 29.1 Å². The van der Waals surface area contributed by atoms with Gasteiger partial charge in [0.25, 0.3) is 5.91 Å². The van der Waals surface area contributed by atoms with Gasteiger partial charge in [0.05, 0.1) is 6.20 Å². The molecule has 2 rings (SSSR count). The van der Waals surface area contributed by atoms with Gasteiger partial charge >= 0.3 is 0 Å². The number of nitrogens with zero attached hydrogens (tertiary/aromatic N) is 4. The quantitative estimate of drug-likeness (QED) is 0.852. The number of anilines is 2. The van der Waals surface area contributed by atoms with Gasteiger partial charge < -0.3 is 10.6 Å². The lowest BCUT2D eigenvalue weighted by molar-refractivity contribution is 0.102. The van der Waals surface area contributed by atoms with Crippen molar-refractivity contribution in [3.05, 3.63) is 30.1 Å². The van der Waals surface area contributed by atoms with E-state index in [0.717, 1.165) is 13.0 Å². The summed E-state index contributed by atoms with van der Waals surface area (Å²) in [6, 6.07) is 5.32. The van der Waals surface area contributed by atoms with Crippen LogP contribution >= 0.6 is 0 Å². The second-order valence-electron chi connectivity index (χ2n) is 4.94. The van der Waals surface area contributed by atoms with E-state index in [2.05, 4.69) is 32.9 Å². The molecule has 0 aliphatic heterocycles. The first-order chi connectivity index (χ1) is 10.1. The van der Waals surface area contributed by atoms with Crippen molar-refractivity contribution in [3.63, 3.8) is 0 Å². The van der Waals surface area contributed by atoms with E-state index >= 15 is 0 Å². The number of nitrogens with one attached hydrogen (secondary N) is 2. The van der Waals surface area contributed by atoms with Gasteiger partial charge in [0.15, 0.2) is 5.69 Å². The number of amides is 1. The largest absolute Gasteiger partial charge is 0.369 e. The molecule has 2 N–H and O–H groups in total. The third-order valence-corrected chi connectivity index (χ3v) is 2.85. The molecule has 0 radical (unpaired) electrons. The van der Waals surface area contributed by atoms with Gasteiger partial charge in [0.2, 0.25) is 0 Å². The fraction of sp³-hybridized carbons (Fsp3) is 0.429. The second-order valence-corrected chi connectivity index (χ2v) is 4.94. The molecule has 0 fully saturated rings. The highest BCUT2D eigenvalue weighted by atomic mass is 16.2. The Balaban J connectivity index is 2.04. The summed E-state index contributed by atoms with van der Waals surface area (Å²) in [5.74, 6) is 1.01. The van der Waals surface area contributed by atoms with Crippen LogP contribution in [0.5, 0.6) is 0 Å². The van der Waals surface area contributed by atoms with Gasteiger partial charge in [-0.25, -0.2) is 4.68 Å². The van der Waals surface area contributed by atoms with E-state index in [-0.39, 0.29) is 17.6 Å². The van der Waals surface area contributed by atoms with Crippen LogP contribution < -0.4 is 10.6 Å².